The van der Waals surface area contributed by atoms with Crippen molar-refractivity contribution in [2.24, 2.45) is 28.3 Å². The van der Waals surface area contributed by atoms with Gasteiger partial charge in [-0.1, -0.05) is 0 Å². The summed E-state index contributed by atoms with van der Waals surface area (Å²) in [5, 5.41) is 7.28. The molecular formula is C22H25IN4O2. The van der Waals surface area contributed by atoms with E-state index in [1.807, 2.05) is 31.2 Å². The smallest absolute Gasteiger partial charge is 0.280 e. The highest BCUT2D eigenvalue weighted by molar-refractivity contribution is 14.1. The Labute approximate surface area is 183 Å². The minimum atomic E-state index is -0.235. The number of aromatic amines is 1. The van der Waals surface area contributed by atoms with Crippen LogP contribution in [0, 0.1) is 33.7 Å². The molecule has 29 heavy (non-hydrogen) atoms. The number of nitrogens with one attached hydrogen (secondary N) is 2. The third-order valence-electron chi connectivity index (χ3n) is 7.08. The third kappa shape index (κ3) is 3.37. The summed E-state index contributed by atoms with van der Waals surface area (Å²) in [5.41, 5.74) is 4.33. The summed E-state index contributed by atoms with van der Waals surface area (Å²) in [7, 11) is 0. The maximum Gasteiger partial charge on any atom is 0.280 e. The van der Waals surface area contributed by atoms with Gasteiger partial charge >= 0.3 is 0 Å². The number of rotatable bonds is 4. The lowest BCUT2D eigenvalue weighted by Crippen LogP contribution is -2.52. The monoisotopic (exact) mass is 504 g/mol. The van der Waals surface area contributed by atoms with Crippen LogP contribution in [0.1, 0.15) is 49.8 Å². The summed E-state index contributed by atoms with van der Waals surface area (Å²) >= 11 is 2.23. The Bertz CT molecular complexity index is 999. The van der Waals surface area contributed by atoms with Crippen LogP contribution in [0.3, 0.4) is 0 Å². The summed E-state index contributed by atoms with van der Waals surface area (Å²) in [6.07, 6.45) is 8.40. The van der Waals surface area contributed by atoms with E-state index in [0.717, 1.165) is 34.2 Å². The van der Waals surface area contributed by atoms with E-state index < -0.39 is 0 Å². The molecular weight excluding hydrogens is 479 g/mol. The van der Waals surface area contributed by atoms with E-state index in [1.54, 1.807) is 0 Å². The van der Waals surface area contributed by atoms with Gasteiger partial charge < -0.3 is 0 Å². The molecule has 4 saturated carbocycles. The molecule has 4 aliphatic rings. The summed E-state index contributed by atoms with van der Waals surface area (Å²) in [5.74, 6) is 2.18. The molecule has 0 spiro atoms. The first-order valence-corrected chi connectivity index (χ1v) is 11.4. The lowest BCUT2D eigenvalue weighted by molar-refractivity contribution is -0.146. The summed E-state index contributed by atoms with van der Waals surface area (Å²) < 4.78 is 2.62. The lowest BCUT2D eigenvalue weighted by atomic mass is 9.49. The largest absolute Gasteiger partial charge is 0.295 e. The van der Waals surface area contributed by atoms with E-state index in [9.17, 15) is 9.59 Å². The Balaban J connectivity index is 1.33. The van der Waals surface area contributed by atoms with Crippen molar-refractivity contribution in [3.63, 3.8) is 0 Å². The van der Waals surface area contributed by atoms with Crippen LogP contribution in [0.25, 0.3) is 5.69 Å². The number of hydrazone groups is 1. The van der Waals surface area contributed by atoms with Crippen molar-refractivity contribution in [3.8, 4) is 5.69 Å². The number of benzene rings is 1. The zero-order valence-electron chi connectivity index (χ0n) is 16.5. The molecule has 2 N–H and O–H groups in total. The summed E-state index contributed by atoms with van der Waals surface area (Å²) in [6.45, 7) is 1.84. The van der Waals surface area contributed by atoms with Gasteiger partial charge in [0, 0.05) is 9.26 Å². The Morgan fingerprint density at radius 2 is 1.76 bits per heavy atom. The Morgan fingerprint density at radius 1 is 1.17 bits per heavy atom. The van der Waals surface area contributed by atoms with Gasteiger partial charge in [-0.2, -0.15) is 5.10 Å². The molecule has 4 bridgehead atoms. The van der Waals surface area contributed by atoms with E-state index in [-0.39, 0.29) is 16.9 Å². The molecule has 4 aliphatic carbocycles. The van der Waals surface area contributed by atoms with Crippen LogP contribution in [-0.4, -0.2) is 21.9 Å². The number of nitrogens with zero attached hydrogens (tertiary/aromatic N) is 2. The summed E-state index contributed by atoms with van der Waals surface area (Å²) in [4.78, 5) is 25.8. The van der Waals surface area contributed by atoms with Crippen molar-refractivity contribution in [2.45, 2.75) is 45.4 Å². The second-order valence-corrected chi connectivity index (χ2v) is 10.4. The minimum absolute atomic E-state index is 0.0407. The first-order chi connectivity index (χ1) is 13.9. The summed E-state index contributed by atoms with van der Waals surface area (Å²) in [6, 6.07) is 7.71. The number of halogens is 1. The fourth-order valence-corrected chi connectivity index (χ4v) is 6.51. The zero-order valence-corrected chi connectivity index (χ0v) is 18.6. The van der Waals surface area contributed by atoms with Crippen LogP contribution >= 0.6 is 22.6 Å². The molecule has 0 saturated heterocycles. The van der Waals surface area contributed by atoms with Gasteiger partial charge in [0.15, 0.2) is 0 Å². The van der Waals surface area contributed by atoms with Crippen LogP contribution in [0.5, 0.6) is 0 Å². The Kier molecular flexibility index (Phi) is 4.68. The fourth-order valence-electron chi connectivity index (χ4n) is 6.15. The number of amides is 1. The molecule has 4 fully saturated rings. The van der Waals surface area contributed by atoms with E-state index >= 15 is 0 Å². The molecule has 0 aliphatic heterocycles. The number of aromatic nitrogens is 2. The van der Waals surface area contributed by atoms with Crippen molar-refractivity contribution in [1.29, 1.82) is 0 Å². The van der Waals surface area contributed by atoms with Crippen LogP contribution in [-0.2, 0) is 4.79 Å². The molecule has 7 heteroatoms. The van der Waals surface area contributed by atoms with Crippen molar-refractivity contribution in [3.05, 3.63) is 49.4 Å². The van der Waals surface area contributed by atoms with Crippen LogP contribution < -0.4 is 11.0 Å². The highest BCUT2D eigenvalue weighted by Crippen LogP contribution is 2.60. The van der Waals surface area contributed by atoms with E-state index in [1.165, 1.54) is 30.2 Å². The predicted molar refractivity (Wildman–Crippen MR) is 120 cm³/mol. The fraction of sp³-hybridized carbons (Fsp3) is 0.500. The van der Waals surface area contributed by atoms with Crippen LogP contribution in [0.4, 0.5) is 0 Å². The number of H-pyrrole nitrogens is 1. The molecule has 1 amide bonds. The topological polar surface area (TPSA) is 79.2 Å². The molecule has 0 radical (unpaired) electrons. The predicted octanol–water partition coefficient (Wildman–Crippen LogP) is 3.75. The molecule has 0 atom stereocenters. The molecule has 6 nitrogen and oxygen atoms in total. The molecule has 1 aromatic heterocycles. The number of carbonyl (C=O) groups excluding carboxylic acids is 1. The highest BCUT2D eigenvalue weighted by atomic mass is 127. The van der Waals surface area contributed by atoms with Crippen LogP contribution in [0.15, 0.2) is 34.2 Å². The zero-order chi connectivity index (χ0) is 20.2. The minimum Gasteiger partial charge on any atom is -0.295 e. The second kappa shape index (κ2) is 7.11. The van der Waals surface area contributed by atoms with Crippen LogP contribution in [0.2, 0.25) is 0 Å². The quantitative estimate of drug-likeness (QED) is 0.378. The SMILES string of the molecule is Cc1[nH]n(-c2ccc(I)cc2)c(=O)c1/C=N/NC(=O)C12CC3CC(CC(C3)C1)C2. The highest BCUT2D eigenvalue weighted by Gasteiger charge is 2.54. The Hall–Kier alpha value is -1.90. The molecule has 152 valence electrons. The van der Waals surface area contributed by atoms with Crippen molar-refractivity contribution < 1.29 is 4.79 Å². The molecule has 6 rings (SSSR count). The lowest BCUT2D eigenvalue weighted by Gasteiger charge is -2.55. The first kappa shape index (κ1) is 19.1. The van der Waals surface area contributed by atoms with Gasteiger partial charge in [-0.25, -0.2) is 10.1 Å². The second-order valence-electron chi connectivity index (χ2n) is 9.16. The molecule has 0 unspecified atom stereocenters. The normalized spacial score (nSPS) is 30.2. The van der Waals surface area contributed by atoms with E-state index in [2.05, 4.69) is 38.2 Å². The third-order valence-corrected chi connectivity index (χ3v) is 7.80. The molecule has 2 aromatic rings. The average Bonchev–Trinajstić information content (AvgIpc) is 2.95. The average molecular weight is 504 g/mol. The number of hydrogen-bond donors (Lipinski definition) is 2. The number of aryl methyl sites for hydroxylation is 1. The first-order valence-electron chi connectivity index (χ1n) is 10.3. The van der Waals surface area contributed by atoms with Gasteiger partial charge in [0.05, 0.1) is 22.9 Å². The maximum absolute atomic E-state index is 13.0. The van der Waals surface area contributed by atoms with Crippen molar-refractivity contribution in [2.75, 3.05) is 0 Å². The van der Waals surface area contributed by atoms with Gasteiger partial charge in [-0.05, 0) is 110 Å². The van der Waals surface area contributed by atoms with Gasteiger partial charge in [0.1, 0.15) is 0 Å². The maximum atomic E-state index is 13.0. The van der Waals surface area contributed by atoms with Gasteiger partial charge in [-0.15, -0.1) is 0 Å². The van der Waals surface area contributed by atoms with Gasteiger partial charge in [0.2, 0.25) is 5.91 Å². The standard InChI is InChI=1S/C22H25IN4O2/c1-13-19(20(28)27(26-13)18-4-2-17(23)3-5-18)12-24-25-21(29)22-9-14-6-15(10-22)8-16(7-14)11-22/h2-5,12,14-16,26H,6-11H2,1H3,(H,25,29)/b24-12+. The van der Waals surface area contributed by atoms with Crippen molar-refractivity contribution >= 4 is 34.7 Å². The van der Waals surface area contributed by atoms with Gasteiger partial charge in [-0.3, -0.25) is 14.7 Å². The van der Waals surface area contributed by atoms with E-state index in [4.69, 9.17) is 0 Å². The molecule has 1 aromatic carbocycles. The number of hydrogen-bond acceptors (Lipinski definition) is 3. The van der Waals surface area contributed by atoms with Crippen molar-refractivity contribution in [1.82, 2.24) is 15.2 Å². The van der Waals surface area contributed by atoms with E-state index in [0.29, 0.717) is 23.3 Å². The number of carbonyl (C=O) groups is 1. The Morgan fingerprint density at radius 3 is 2.34 bits per heavy atom. The molecule has 1 heterocycles. The van der Waals surface area contributed by atoms with Gasteiger partial charge in [0.25, 0.3) is 5.56 Å².